The van der Waals surface area contributed by atoms with E-state index in [9.17, 15) is 8.42 Å². The highest BCUT2D eigenvalue weighted by atomic mass is 32.2. The molecule has 6 heteroatoms. The fraction of sp³-hybridized carbons (Fsp3) is 0.615. The largest absolute Gasteiger partial charge is 0.316 e. The lowest BCUT2D eigenvalue weighted by Crippen LogP contribution is -2.32. The van der Waals surface area contributed by atoms with Gasteiger partial charge in [-0.2, -0.15) is 4.31 Å². The van der Waals surface area contributed by atoms with Crippen LogP contribution < -0.4 is 5.32 Å². The van der Waals surface area contributed by atoms with Crippen molar-refractivity contribution in [3.8, 4) is 0 Å². The first-order chi connectivity index (χ1) is 9.06. The standard InChI is InChI=1S/C13H23N3O2S/c1-4-6-9-16(5-2)19(17,18)13-8-7-12(10-14-3)11-15-13/h7-8,11,14H,4-6,9-10H2,1-3H3. The number of rotatable bonds is 8. The van der Waals surface area contributed by atoms with Crippen molar-refractivity contribution in [2.75, 3.05) is 20.1 Å². The van der Waals surface area contributed by atoms with Gasteiger partial charge in [0.15, 0.2) is 5.03 Å². The van der Waals surface area contributed by atoms with Crippen LogP contribution in [0.25, 0.3) is 0 Å². The molecule has 0 aliphatic rings. The Balaban J connectivity index is 2.91. The molecule has 1 heterocycles. The van der Waals surface area contributed by atoms with Gasteiger partial charge >= 0.3 is 0 Å². The molecule has 5 nitrogen and oxygen atoms in total. The maximum atomic E-state index is 12.4. The summed E-state index contributed by atoms with van der Waals surface area (Å²) in [7, 11) is -1.61. The zero-order valence-electron chi connectivity index (χ0n) is 11.9. The van der Waals surface area contributed by atoms with Crippen molar-refractivity contribution in [1.29, 1.82) is 0 Å². The van der Waals surface area contributed by atoms with Gasteiger partial charge in [0, 0.05) is 25.8 Å². The molecule has 0 spiro atoms. The third kappa shape index (κ3) is 4.26. The zero-order valence-corrected chi connectivity index (χ0v) is 12.7. The number of nitrogens with zero attached hydrogens (tertiary/aromatic N) is 2. The fourth-order valence-electron chi connectivity index (χ4n) is 1.79. The van der Waals surface area contributed by atoms with Gasteiger partial charge in [-0.15, -0.1) is 0 Å². The van der Waals surface area contributed by atoms with E-state index < -0.39 is 10.0 Å². The number of pyridine rings is 1. The normalized spacial score (nSPS) is 12.0. The van der Waals surface area contributed by atoms with Gasteiger partial charge in [0.05, 0.1) is 0 Å². The molecule has 0 aliphatic heterocycles. The molecule has 1 aromatic heterocycles. The minimum atomic E-state index is -3.45. The number of nitrogens with one attached hydrogen (secondary N) is 1. The molecule has 1 rings (SSSR count). The Labute approximate surface area is 116 Å². The topological polar surface area (TPSA) is 62.3 Å². The summed E-state index contributed by atoms with van der Waals surface area (Å²) in [6.07, 6.45) is 3.45. The summed E-state index contributed by atoms with van der Waals surface area (Å²) in [5, 5.41) is 3.13. The summed E-state index contributed by atoms with van der Waals surface area (Å²) >= 11 is 0. The summed E-state index contributed by atoms with van der Waals surface area (Å²) in [6, 6.07) is 3.38. The van der Waals surface area contributed by atoms with E-state index in [4.69, 9.17) is 0 Å². The maximum Gasteiger partial charge on any atom is 0.260 e. The molecule has 0 amide bonds. The van der Waals surface area contributed by atoms with Gasteiger partial charge in [-0.25, -0.2) is 13.4 Å². The van der Waals surface area contributed by atoms with Crippen LogP contribution in [-0.4, -0.2) is 37.8 Å². The van der Waals surface area contributed by atoms with E-state index in [2.05, 4.69) is 10.3 Å². The maximum absolute atomic E-state index is 12.4. The first-order valence-electron chi connectivity index (χ1n) is 6.65. The average Bonchev–Trinajstić information content (AvgIpc) is 2.40. The SMILES string of the molecule is CCCCN(CC)S(=O)(=O)c1ccc(CNC)cn1. The number of sulfonamides is 1. The van der Waals surface area contributed by atoms with E-state index in [1.165, 1.54) is 4.31 Å². The molecule has 0 unspecified atom stereocenters. The highest BCUT2D eigenvalue weighted by Gasteiger charge is 2.23. The van der Waals surface area contributed by atoms with Crippen molar-refractivity contribution in [2.24, 2.45) is 0 Å². The summed E-state index contributed by atoms with van der Waals surface area (Å²) in [4.78, 5) is 4.08. The van der Waals surface area contributed by atoms with Crippen LogP contribution in [-0.2, 0) is 16.6 Å². The Morgan fingerprint density at radius 1 is 1.32 bits per heavy atom. The highest BCUT2D eigenvalue weighted by Crippen LogP contribution is 2.14. The lowest BCUT2D eigenvalue weighted by atomic mass is 10.3. The molecule has 1 N–H and O–H groups in total. The van der Waals surface area contributed by atoms with Gasteiger partial charge in [0.1, 0.15) is 0 Å². The molecule has 0 bridgehead atoms. The fourth-order valence-corrected chi connectivity index (χ4v) is 3.19. The van der Waals surface area contributed by atoms with Gasteiger partial charge < -0.3 is 5.32 Å². The Morgan fingerprint density at radius 3 is 2.53 bits per heavy atom. The molecule has 0 atom stereocenters. The number of hydrogen-bond acceptors (Lipinski definition) is 4. The molecule has 0 saturated carbocycles. The predicted molar refractivity (Wildman–Crippen MR) is 76.3 cm³/mol. The quantitative estimate of drug-likeness (QED) is 0.788. The van der Waals surface area contributed by atoms with E-state index in [1.54, 1.807) is 18.3 Å². The van der Waals surface area contributed by atoms with Crippen molar-refractivity contribution >= 4 is 10.0 Å². The van der Waals surface area contributed by atoms with Crippen LogP contribution in [0.4, 0.5) is 0 Å². The monoisotopic (exact) mass is 285 g/mol. The van der Waals surface area contributed by atoms with Crippen LogP contribution in [0.3, 0.4) is 0 Å². The van der Waals surface area contributed by atoms with Crippen molar-refractivity contribution in [3.05, 3.63) is 23.9 Å². The van der Waals surface area contributed by atoms with Crippen LogP contribution in [0.15, 0.2) is 23.4 Å². The van der Waals surface area contributed by atoms with Gasteiger partial charge in [-0.05, 0) is 25.1 Å². The van der Waals surface area contributed by atoms with Crippen molar-refractivity contribution in [3.63, 3.8) is 0 Å². The lowest BCUT2D eigenvalue weighted by molar-refractivity contribution is 0.417. The third-order valence-electron chi connectivity index (χ3n) is 2.90. The Bertz CT molecular complexity index is 471. The van der Waals surface area contributed by atoms with E-state index in [0.29, 0.717) is 19.6 Å². The van der Waals surface area contributed by atoms with E-state index in [0.717, 1.165) is 18.4 Å². The molecule has 108 valence electrons. The number of unbranched alkanes of at least 4 members (excludes halogenated alkanes) is 1. The summed E-state index contributed by atoms with van der Waals surface area (Å²) in [5.41, 5.74) is 0.970. The van der Waals surface area contributed by atoms with Gasteiger partial charge in [0.2, 0.25) is 0 Å². The zero-order chi connectivity index (χ0) is 14.3. The van der Waals surface area contributed by atoms with E-state index >= 15 is 0 Å². The van der Waals surface area contributed by atoms with E-state index in [-0.39, 0.29) is 5.03 Å². The van der Waals surface area contributed by atoms with Crippen LogP contribution in [0, 0.1) is 0 Å². The third-order valence-corrected chi connectivity index (χ3v) is 4.79. The average molecular weight is 285 g/mol. The summed E-state index contributed by atoms with van der Waals surface area (Å²) in [6.45, 7) is 5.60. The minimum absolute atomic E-state index is 0.130. The molecule has 0 radical (unpaired) electrons. The molecular formula is C13H23N3O2S. The predicted octanol–water partition coefficient (Wildman–Crippen LogP) is 1.61. The van der Waals surface area contributed by atoms with Crippen molar-refractivity contribution in [2.45, 2.75) is 38.3 Å². The smallest absolute Gasteiger partial charge is 0.260 e. The Hall–Kier alpha value is -0.980. The first kappa shape index (κ1) is 16.1. The molecule has 0 fully saturated rings. The Morgan fingerprint density at radius 2 is 2.05 bits per heavy atom. The van der Waals surface area contributed by atoms with Crippen molar-refractivity contribution in [1.82, 2.24) is 14.6 Å². The minimum Gasteiger partial charge on any atom is -0.316 e. The number of hydrogen-bond donors (Lipinski definition) is 1. The molecule has 19 heavy (non-hydrogen) atoms. The van der Waals surface area contributed by atoms with Gasteiger partial charge in [-0.1, -0.05) is 26.3 Å². The molecule has 0 saturated heterocycles. The van der Waals surface area contributed by atoms with Crippen LogP contribution in [0.5, 0.6) is 0 Å². The van der Waals surface area contributed by atoms with Crippen LogP contribution in [0.2, 0.25) is 0 Å². The van der Waals surface area contributed by atoms with Crippen LogP contribution in [0.1, 0.15) is 32.3 Å². The Kier molecular flexibility index (Phi) is 6.41. The second-order valence-electron chi connectivity index (χ2n) is 4.39. The van der Waals surface area contributed by atoms with Gasteiger partial charge in [0.25, 0.3) is 10.0 Å². The first-order valence-corrected chi connectivity index (χ1v) is 8.10. The number of aromatic nitrogens is 1. The molecule has 0 aliphatic carbocycles. The van der Waals surface area contributed by atoms with E-state index in [1.807, 2.05) is 20.9 Å². The molecule has 1 aromatic rings. The second-order valence-corrected chi connectivity index (χ2v) is 6.27. The molecular weight excluding hydrogens is 262 g/mol. The lowest BCUT2D eigenvalue weighted by Gasteiger charge is -2.19. The van der Waals surface area contributed by atoms with Gasteiger partial charge in [-0.3, -0.25) is 0 Å². The van der Waals surface area contributed by atoms with Crippen LogP contribution >= 0.6 is 0 Å². The molecule has 0 aromatic carbocycles. The van der Waals surface area contributed by atoms with Crippen molar-refractivity contribution < 1.29 is 8.42 Å². The summed E-state index contributed by atoms with van der Waals surface area (Å²) < 4.78 is 26.3. The second kappa shape index (κ2) is 7.57. The summed E-state index contributed by atoms with van der Waals surface area (Å²) in [5.74, 6) is 0. The highest BCUT2D eigenvalue weighted by molar-refractivity contribution is 7.89.